The lowest BCUT2D eigenvalue weighted by Gasteiger charge is -2.41. The Labute approximate surface area is 104 Å². The van der Waals surface area contributed by atoms with Crippen LogP contribution in [0.2, 0.25) is 0 Å². The monoisotopic (exact) mass is 249 g/mol. The lowest BCUT2D eigenvalue weighted by Crippen LogP contribution is -2.46. The molecule has 1 saturated carbocycles. The van der Waals surface area contributed by atoms with Crippen molar-refractivity contribution in [1.29, 1.82) is 0 Å². The molecule has 0 bridgehead atoms. The first-order valence-electron chi connectivity index (χ1n) is 5.77. The van der Waals surface area contributed by atoms with Crippen molar-refractivity contribution in [3.8, 4) is 0 Å². The molecule has 1 heterocycles. The molecule has 1 fully saturated rings. The Balaban J connectivity index is 2.08. The van der Waals surface area contributed by atoms with E-state index in [1.54, 1.807) is 12.1 Å². The molecular weight excluding hydrogens is 234 g/mol. The summed E-state index contributed by atoms with van der Waals surface area (Å²) < 4.78 is 0. The Morgan fingerprint density at radius 3 is 2.56 bits per heavy atom. The molecule has 1 amide bonds. The fourth-order valence-electron chi connectivity index (χ4n) is 2.12. The molecule has 0 spiro atoms. The second kappa shape index (κ2) is 4.64. The predicted octanol–water partition coefficient (Wildman–Crippen LogP) is 0.990. The van der Waals surface area contributed by atoms with Gasteiger partial charge in [-0.05, 0) is 31.4 Å². The molecule has 0 aromatic carbocycles. The summed E-state index contributed by atoms with van der Waals surface area (Å²) in [4.78, 5) is 25.8. The number of pyridine rings is 1. The average Bonchev–Trinajstić information content (AvgIpc) is 2.26. The first-order valence-corrected chi connectivity index (χ1v) is 5.77. The lowest BCUT2D eigenvalue weighted by atomic mass is 9.74. The number of rotatable bonds is 5. The van der Waals surface area contributed by atoms with Crippen molar-refractivity contribution < 1.29 is 14.7 Å². The summed E-state index contributed by atoms with van der Waals surface area (Å²) >= 11 is 0. The SMILES string of the molecule is NC(=O)c1ccc(NC2(CC(=O)O)CCC2)nc1. The van der Waals surface area contributed by atoms with Crippen molar-refractivity contribution in [2.45, 2.75) is 31.2 Å². The molecule has 6 nitrogen and oxygen atoms in total. The van der Waals surface area contributed by atoms with Gasteiger partial charge in [0.1, 0.15) is 5.82 Å². The molecule has 0 aliphatic heterocycles. The van der Waals surface area contributed by atoms with Gasteiger partial charge in [-0.2, -0.15) is 0 Å². The summed E-state index contributed by atoms with van der Waals surface area (Å²) in [6.07, 6.45) is 4.11. The molecule has 1 aromatic heterocycles. The van der Waals surface area contributed by atoms with Crippen molar-refractivity contribution >= 4 is 17.7 Å². The van der Waals surface area contributed by atoms with Crippen LogP contribution in [0.5, 0.6) is 0 Å². The predicted molar refractivity (Wildman–Crippen MR) is 65.2 cm³/mol. The third kappa shape index (κ3) is 2.58. The van der Waals surface area contributed by atoms with E-state index >= 15 is 0 Å². The molecule has 4 N–H and O–H groups in total. The third-order valence-corrected chi connectivity index (χ3v) is 3.24. The van der Waals surface area contributed by atoms with Gasteiger partial charge in [-0.1, -0.05) is 0 Å². The number of hydrogen-bond acceptors (Lipinski definition) is 4. The molecule has 1 aromatic rings. The van der Waals surface area contributed by atoms with Gasteiger partial charge in [-0.3, -0.25) is 9.59 Å². The summed E-state index contributed by atoms with van der Waals surface area (Å²) in [7, 11) is 0. The summed E-state index contributed by atoms with van der Waals surface area (Å²) in [5.41, 5.74) is 5.06. The van der Waals surface area contributed by atoms with Gasteiger partial charge >= 0.3 is 5.97 Å². The Hall–Kier alpha value is -2.11. The molecule has 2 rings (SSSR count). The number of nitrogens with zero attached hydrogens (tertiary/aromatic N) is 1. The van der Waals surface area contributed by atoms with Crippen molar-refractivity contribution in [1.82, 2.24) is 4.98 Å². The summed E-state index contributed by atoms with van der Waals surface area (Å²) in [6, 6.07) is 3.22. The van der Waals surface area contributed by atoms with Crippen LogP contribution < -0.4 is 11.1 Å². The van der Waals surface area contributed by atoms with Crippen LogP contribution >= 0.6 is 0 Å². The van der Waals surface area contributed by atoms with Gasteiger partial charge in [0.15, 0.2) is 0 Å². The van der Waals surface area contributed by atoms with Crippen molar-refractivity contribution in [3.05, 3.63) is 23.9 Å². The number of anilines is 1. The molecule has 0 atom stereocenters. The number of amides is 1. The fraction of sp³-hybridized carbons (Fsp3) is 0.417. The summed E-state index contributed by atoms with van der Waals surface area (Å²) in [6.45, 7) is 0. The van der Waals surface area contributed by atoms with Gasteiger partial charge in [0.25, 0.3) is 0 Å². The molecule has 0 saturated heterocycles. The van der Waals surface area contributed by atoms with Crippen molar-refractivity contribution in [2.75, 3.05) is 5.32 Å². The molecule has 96 valence electrons. The molecule has 1 aliphatic rings. The van der Waals surface area contributed by atoms with Crippen LogP contribution in [0, 0.1) is 0 Å². The average molecular weight is 249 g/mol. The zero-order chi connectivity index (χ0) is 13.2. The third-order valence-electron chi connectivity index (χ3n) is 3.24. The van der Waals surface area contributed by atoms with Crippen molar-refractivity contribution in [3.63, 3.8) is 0 Å². The van der Waals surface area contributed by atoms with Gasteiger partial charge in [-0.15, -0.1) is 0 Å². The second-order valence-corrected chi connectivity index (χ2v) is 4.63. The van der Waals surface area contributed by atoms with Gasteiger partial charge in [0.2, 0.25) is 5.91 Å². The number of carboxylic acids is 1. The summed E-state index contributed by atoms with van der Waals surface area (Å²) in [5.74, 6) is -0.783. The van der Waals surface area contributed by atoms with Crippen molar-refractivity contribution in [2.24, 2.45) is 5.73 Å². The minimum absolute atomic E-state index is 0.0756. The molecule has 0 unspecified atom stereocenters. The number of carbonyl (C=O) groups is 2. The molecule has 6 heteroatoms. The maximum absolute atomic E-state index is 10.9. The van der Waals surface area contributed by atoms with E-state index in [-0.39, 0.29) is 6.42 Å². The van der Waals surface area contributed by atoms with Gasteiger partial charge in [-0.25, -0.2) is 4.98 Å². The highest BCUT2D eigenvalue weighted by molar-refractivity contribution is 5.92. The van der Waals surface area contributed by atoms with E-state index in [4.69, 9.17) is 10.8 Å². The highest BCUT2D eigenvalue weighted by Gasteiger charge is 2.39. The zero-order valence-electron chi connectivity index (χ0n) is 9.85. The maximum Gasteiger partial charge on any atom is 0.305 e. The van der Waals surface area contributed by atoms with Crippen LogP contribution in [0.3, 0.4) is 0 Å². The van der Waals surface area contributed by atoms with Crippen LogP contribution in [0.25, 0.3) is 0 Å². The lowest BCUT2D eigenvalue weighted by molar-refractivity contribution is -0.138. The largest absolute Gasteiger partial charge is 0.481 e. The number of aromatic nitrogens is 1. The van der Waals surface area contributed by atoms with E-state index in [0.717, 1.165) is 19.3 Å². The minimum atomic E-state index is -0.823. The number of nitrogens with two attached hydrogens (primary N) is 1. The molecule has 18 heavy (non-hydrogen) atoms. The fourth-order valence-corrected chi connectivity index (χ4v) is 2.12. The number of aliphatic carboxylic acids is 1. The minimum Gasteiger partial charge on any atom is -0.481 e. The number of carbonyl (C=O) groups excluding carboxylic acids is 1. The van der Waals surface area contributed by atoms with E-state index in [1.165, 1.54) is 6.20 Å². The highest BCUT2D eigenvalue weighted by atomic mass is 16.4. The van der Waals surface area contributed by atoms with E-state index < -0.39 is 17.4 Å². The summed E-state index contributed by atoms with van der Waals surface area (Å²) in [5, 5.41) is 12.0. The van der Waals surface area contributed by atoms with Gasteiger partial charge in [0.05, 0.1) is 12.0 Å². The quantitative estimate of drug-likeness (QED) is 0.721. The van der Waals surface area contributed by atoms with Crippen LogP contribution in [0.15, 0.2) is 18.3 Å². The topological polar surface area (TPSA) is 105 Å². The van der Waals surface area contributed by atoms with Gasteiger partial charge in [0, 0.05) is 11.7 Å². The molecular formula is C12H15N3O3. The molecule has 1 aliphatic carbocycles. The Morgan fingerprint density at radius 2 is 2.17 bits per heavy atom. The smallest absolute Gasteiger partial charge is 0.305 e. The number of hydrogen-bond donors (Lipinski definition) is 3. The van der Waals surface area contributed by atoms with Crippen LogP contribution in [-0.4, -0.2) is 27.5 Å². The number of nitrogens with one attached hydrogen (secondary N) is 1. The van der Waals surface area contributed by atoms with E-state index in [1.807, 2.05) is 0 Å². The second-order valence-electron chi connectivity index (χ2n) is 4.63. The van der Waals surface area contributed by atoms with Crippen LogP contribution in [0.1, 0.15) is 36.0 Å². The van der Waals surface area contributed by atoms with Crippen LogP contribution in [-0.2, 0) is 4.79 Å². The van der Waals surface area contributed by atoms with E-state index in [9.17, 15) is 9.59 Å². The molecule has 0 radical (unpaired) electrons. The Kier molecular flexibility index (Phi) is 3.18. The number of primary amides is 1. The standard InChI is InChI=1S/C12H15N3O3/c13-11(18)8-2-3-9(14-7-8)15-12(4-1-5-12)6-10(16)17/h2-3,7H,1,4-6H2,(H2,13,18)(H,14,15)(H,16,17). The zero-order valence-corrected chi connectivity index (χ0v) is 9.85. The first kappa shape index (κ1) is 12.3. The highest BCUT2D eigenvalue weighted by Crippen LogP contribution is 2.37. The Bertz CT molecular complexity index is 466. The normalized spacial score (nSPS) is 16.7. The maximum atomic E-state index is 10.9. The van der Waals surface area contributed by atoms with E-state index in [2.05, 4.69) is 10.3 Å². The Morgan fingerprint density at radius 1 is 1.44 bits per heavy atom. The first-order chi connectivity index (χ1) is 8.51. The van der Waals surface area contributed by atoms with Crippen LogP contribution in [0.4, 0.5) is 5.82 Å². The number of carboxylic acid groups (broad SMARTS) is 1. The van der Waals surface area contributed by atoms with E-state index in [0.29, 0.717) is 11.4 Å². The van der Waals surface area contributed by atoms with Gasteiger partial charge < -0.3 is 16.2 Å².